The summed E-state index contributed by atoms with van der Waals surface area (Å²) in [7, 11) is -4.29. The van der Waals surface area contributed by atoms with Crippen LogP contribution in [0.5, 0.6) is 0 Å². The summed E-state index contributed by atoms with van der Waals surface area (Å²) in [5, 5.41) is 24.5. The van der Waals surface area contributed by atoms with Crippen LogP contribution in [0.25, 0.3) is 0 Å². The molecule has 0 bridgehead atoms. The van der Waals surface area contributed by atoms with Crippen molar-refractivity contribution < 1.29 is 18.3 Å². The molecule has 0 aliphatic carbocycles. The SMILES string of the molecule is CCCCCCN(CCCCCC)c1c([N+](=O)[O-])cc(S(=O)(=O)N(CC)Sc2ccc(C)cc2)cc1[N+](=O)[O-]. The summed E-state index contributed by atoms with van der Waals surface area (Å²) in [5.74, 6) is 0. The standard InChI is InChI=1S/C27H40N4O6S2/c1-5-8-10-12-18-28(19-13-11-9-6-2)27-25(30(32)33)20-24(21-26(27)31(34)35)39(36,37)29(7-3)38-23-16-14-22(4)15-17-23/h14-17,20-21H,5-13,18-19H2,1-4H3. The molecule has 0 heterocycles. The number of rotatable bonds is 18. The van der Waals surface area contributed by atoms with Gasteiger partial charge in [0.1, 0.15) is 0 Å². The Hall–Kier alpha value is -2.70. The summed E-state index contributed by atoms with van der Waals surface area (Å²) in [4.78, 5) is 25.0. The number of aryl methyl sites for hydroxylation is 1. The van der Waals surface area contributed by atoms with Crippen molar-refractivity contribution in [3.63, 3.8) is 0 Å². The maximum atomic E-state index is 13.6. The second-order valence-corrected chi connectivity index (χ2v) is 12.6. The van der Waals surface area contributed by atoms with Crippen molar-refractivity contribution in [3.05, 3.63) is 62.2 Å². The molecular formula is C27H40N4O6S2. The zero-order chi connectivity index (χ0) is 29.0. The highest BCUT2D eigenvalue weighted by Crippen LogP contribution is 2.42. The van der Waals surface area contributed by atoms with Gasteiger partial charge in [-0.1, -0.05) is 77.0 Å². The first-order chi connectivity index (χ1) is 18.6. The van der Waals surface area contributed by atoms with E-state index in [1.807, 2.05) is 19.1 Å². The maximum absolute atomic E-state index is 13.6. The van der Waals surface area contributed by atoms with Gasteiger partial charge in [-0.05, 0) is 43.8 Å². The zero-order valence-corrected chi connectivity index (χ0v) is 24.9. The van der Waals surface area contributed by atoms with E-state index >= 15 is 0 Å². The molecular weight excluding hydrogens is 540 g/mol. The van der Waals surface area contributed by atoms with Crippen LogP contribution in [0.3, 0.4) is 0 Å². The average molecular weight is 581 g/mol. The highest BCUT2D eigenvalue weighted by molar-refractivity contribution is 8.08. The molecule has 2 aromatic carbocycles. The molecule has 0 saturated carbocycles. The molecule has 0 amide bonds. The number of sulfonamides is 1. The number of nitro groups is 2. The van der Waals surface area contributed by atoms with Crippen LogP contribution in [0, 0.1) is 27.2 Å². The molecule has 0 atom stereocenters. The minimum atomic E-state index is -4.29. The second kappa shape index (κ2) is 15.8. The van der Waals surface area contributed by atoms with Crippen LogP contribution in [-0.4, -0.2) is 41.6 Å². The Morgan fingerprint density at radius 1 is 0.795 bits per heavy atom. The Bertz CT molecular complexity index is 1160. The van der Waals surface area contributed by atoms with Crippen LogP contribution >= 0.6 is 11.9 Å². The van der Waals surface area contributed by atoms with Crippen LogP contribution in [0.15, 0.2) is 46.2 Å². The minimum absolute atomic E-state index is 0.0607. The number of nitro benzene ring substituents is 2. The number of anilines is 1. The predicted octanol–water partition coefficient (Wildman–Crippen LogP) is 7.50. The van der Waals surface area contributed by atoms with E-state index in [2.05, 4.69) is 13.8 Å². The van der Waals surface area contributed by atoms with Crippen LogP contribution < -0.4 is 4.90 Å². The monoisotopic (exact) mass is 580 g/mol. The van der Waals surface area contributed by atoms with Gasteiger partial charge in [0.2, 0.25) is 0 Å². The second-order valence-electron chi connectivity index (χ2n) is 9.46. The van der Waals surface area contributed by atoms with Crippen molar-refractivity contribution in [2.45, 2.75) is 88.9 Å². The van der Waals surface area contributed by atoms with Gasteiger partial charge < -0.3 is 4.90 Å². The van der Waals surface area contributed by atoms with Gasteiger partial charge in [0.25, 0.3) is 10.0 Å². The number of benzene rings is 2. The Labute approximate surface area is 236 Å². The fraction of sp³-hybridized carbons (Fsp3) is 0.556. The molecule has 0 aromatic heterocycles. The molecule has 2 aromatic rings. The van der Waals surface area contributed by atoms with Crippen molar-refractivity contribution in [3.8, 4) is 0 Å². The van der Waals surface area contributed by atoms with Crippen LogP contribution in [0.4, 0.5) is 17.1 Å². The minimum Gasteiger partial charge on any atom is -0.360 e. The van der Waals surface area contributed by atoms with E-state index in [0.29, 0.717) is 18.0 Å². The lowest BCUT2D eigenvalue weighted by Crippen LogP contribution is -2.28. The molecule has 10 nitrogen and oxygen atoms in total. The van der Waals surface area contributed by atoms with Gasteiger partial charge in [-0.15, -0.1) is 3.71 Å². The quantitative estimate of drug-likeness (QED) is 0.0767. The third-order valence-corrected chi connectivity index (χ3v) is 9.75. The first-order valence-corrected chi connectivity index (χ1v) is 15.8. The van der Waals surface area contributed by atoms with Gasteiger partial charge >= 0.3 is 11.4 Å². The van der Waals surface area contributed by atoms with Gasteiger partial charge in [0.05, 0.1) is 14.7 Å². The van der Waals surface area contributed by atoms with E-state index in [4.69, 9.17) is 0 Å². The third kappa shape index (κ3) is 9.18. The van der Waals surface area contributed by atoms with Crippen molar-refractivity contribution in [2.24, 2.45) is 0 Å². The molecule has 0 spiro atoms. The van der Waals surface area contributed by atoms with Crippen molar-refractivity contribution in [2.75, 3.05) is 24.5 Å². The first-order valence-electron chi connectivity index (χ1n) is 13.6. The van der Waals surface area contributed by atoms with E-state index in [9.17, 15) is 28.6 Å². The zero-order valence-electron chi connectivity index (χ0n) is 23.3. The summed E-state index contributed by atoms with van der Waals surface area (Å²) in [5.41, 5.74) is -0.234. The van der Waals surface area contributed by atoms with Crippen molar-refractivity contribution in [1.29, 1.82) is 0 Å². The van der Waals surface area contributed by atoms with Crippen molar-refractivity contribution in [1.82, 2.24) is 3.71 Å². The van der Waals surface area contributed by atoms with Gasteiger partial charge in [0, 0.05) is 36.7 Å². The number of unbranched alkanes of at least 4 members (excludes halogenated alkanes) is 6. The van der Waals surface area contributed by atoms with Gasteiger partial charge in [-0.3, -0.25) is 20.2 Å². The number of hydrogen-bond acceptors (Lipinski definition) is 8. The highest BCUT2D eigenvalue weighted by Gasteiger charge is 2.35. The molecule has 0 radical (unpaired) electrons. The lowest BCUT2D eigenvalue weighted by Gasteiger charge is -2.25. The summed E-state index contributed by atoms with van der Waals surface area (Å²) in [6.07, 6.45) is 7.28. The first kappa shape index (κ1) is 32.5. The molecule has 216 valence electrons. The molecule has 0 aliphatic rings. The molecule has 0 aliphatic heterocycles. The van der Waals surface area contributed by atoms with E-state index in [-0.39, 0.29) is 12.2 Å². The van der Waals surface area contributed by atoms with E-state index in [0.717, 1.165) is 84.7 Å². The Morgan fingerprint density at radius 2 is 1.28 bits per heavy atom. The molecule has 0 saturated heterocycles. The number of nitrogens with zero attached hydrogens (tertiary/aromatic N) is 4. The van der Waals surface area contributed by atoms with E-state index < -0.39 is 36.1 Å². The van der Waals surface area contributed by atoms with Crippen LogP contribution in [0.1, 0.15) is 77.7 Å². The predicted molar refractivity (Wildman–Crippen MR) is 157 cm³/mol. The Kier molecular flexibility index (Phi) is 13.2. The largest absolute Gasteiger partial charge is 0.360 e. The molecule has 12 heteroatoms. The van der Waals surface area contributed by atoms with Gasteiger partial charge in [-0.2, -0.15) is 0 Å². The summed E-state index contributed by atoms with van der Waals surface area (Å²) >= 11 is 0.965. The molecule has 0 N–H and O–H groups in total. The summed E-state index contributed by atoms with van der Waals surface area (Å²) in [6.45, 7) is 8.62. The van der Waals surface area contributed by atoms with Gasteiger partial charge in [0.15, 0.2) is 5.69 Å². The lowest BCUT2D eigenvalue weighted by molar-refractivity contribution is -0.393. The lowest BCUT2D eigenvalue weighted by atomic mass is 10.1. The van der Waals surface area contributed by atoms with Crippen LogP contribution in [0.2, 0.25) is 0 Å². The summed E-state index contributed by atoms with van der Waals surface area (Å²) in [6, 6.07) is 9.20. The maximum Gasteiger partial charge on any atom is 0.301 e. The van der Waals surface area contributed by atoms with Gasteiger partial charge in [-0.25, -0.2) is 8.42 Å². The van der Waals surface area contributed by atoms with Crippen LogP contribution in [-0.2, 0) is 10.0 Å². The normalized spacial score (nSPS) is 11.6. The fourth-order valence-electron chi connectivity index (χ4n) is 4.24. The third-order valence-electron chi connectivity index (χ3n) is 6.37. The Morgan fingerprint density at radius 3 is 1.69 bits per heavy atom. The number of hydrogen-bond donors (Lipinski definition) is 0. The summed E-state index contributed by atoms with van der Waals surface area (Å²) < 4.78 is 28.3. The highest BCUT2D eigenvalue weighted by atomic mass is 32.3. The van der Waals surface area contributed by atoms with Crippen molar-refractivity contribution >= 4 is 39.0 Å². The molecule has 2 rings (SSSR count). The molecule has 0 fully saturated rings. The van der Waals surface area contributed by atoms with E-state index in [1.54, 1.807) is 24.0 Å². The Balaban J connectivity index is 2.57. The smallest absolute Gasteiger partial charge is 0.301 e. The van der Waals surface area contributed by atoms with E-state index in [1.165, 1.54) is 0 Å². The molecule has 39 heavy (non-hydrogen) atoms. The average Bonchev–Trinajstić information content (AvgIpc) is 2.90. The fourth-order valence-corrected chi connectivity index (χ4v) is 6.87. The topological polar surface area (TPSA) is 127 Å². The molecule has 0 unspecified atom stereocenters.